The summed E-state index contributed by atoms with van der Waals surface area (Å²) in [6.07, 6.45) is 5.38. The minimum atomic E-state index is -3.62. The van der Waals surface area contributed by atoms with Crippen molar-refractivity contribution in [1.82, 2.24) is 19.0 Å². The number of aromatic nitrogens is 3. The molecule has 138 valence electrons. The van der Waals surface area contributed by atoms with Gasteiger partial charge in [-0.25, -0.2) is 13.4 Å². The van der Waals surface area contributed by atoms with Crippen LogP contribution in [0.5, 0.6) is 0 Å². The highest BCUT2D eigenvalue weighted by Crippen LogP contribution is 2.31. The SMILES string of the molecule is COCCn1ccnc1[C@H]1CCCN(S(=O)(=O)c2c(C)noc2C)C1. The third-order valence-electron chi connectivity index (χ3n) is 4.60. The summed E-state index contributed by atoms with van der Waals surface area (Å²) < 4.78 is 39.8. The van der Waals surface area contributed by atoms with Crippen LogP contribution in [0.3, 0.4) is 0 Å². The number of methoxy groups -OCH3 is 1. The van der Waals surface area contributed by atoms with Gasteiger partial charge in [0.1, 0.15) is 16.4 Å². The molecule has 0 N–H and O–H groups in total. The van der Waals surface area contributed by atoms with E-state index in [0.717, 1.165) is 18.7 Å². The van der Waals surface area contributed by atoms with Crippen molar-refractivity contribution in [2.24, 2.45) is 0 Å². The quantitative estimate of drug-likeness (QED) is 0.771. The van der Waals surface area contributed by atoms with E-state index < -0.39 is 10.0 Å². The van der Waals surface area contributed by atoms with Crippen LogP contribution in [0, 0.1) is 13.8 Å². The van der Waals surface area contributed by atoms with Gasteiger partial charge in [0.25, 0.3) is 0 Å². The van der Waals surface area contributed by atoms with Gasteiger partial charge in [-0.05, 0) is 26.7 Å². The fourth-order valence-electron chi connectivity index (χ4n) is 3.40. The highest BCUT2D eigenvalue weighted by atomic mass is 32.2. The monoisotopic (exact) mass is 368 g/mol. The molecule has 0 bridgehead atoms. The molecule has 25 heavy (non-hydrogen) atoms. The van der Waals surface area contributed by atoms with Crippen molar-refractivity contribution < 1.29 is 17.7 Å². The Morgan fingerprint density at radius 1 is 1.40 bits per heavy atom. The lowest BCUT2D eigenvalue weighted by molar-refractivity contribution is 0.184. The van der Waals surface area contributed by atoms with Crippen LogP contribution in [0.15, 0.2) is 21.8 Å². The number of sulfonamides is 1. The van der Waals surface area contributed by atoms with E-state index in [-0.39, 0.29) is 10.8 Å². The molecule has 0 saturated carbocycles. The first-order valence-electron chi connectivity index (χ1n) is 8.38. The molecule has 3 rings (SSSR count). The second-order valence-corrected chi connectivity index (χ2v) is 8.20. The number of imidazole rings is 1. The molecule has 0 radical (unpaired) electrons. The fourth-order valence-corrected chi connectivity index (χ4v) is 5.22. The standard InChI is InChI=1S/C16H24N4O4S/c1-12-15(13(2)24-18-12)25(21,22)20-7-4-5-14(11-20)16-17-6-8-19(16)9-10-23-3/h6,8,14H,4-5,7,9-11H2,1-3H3/t14-/m0/s1. The molecule has 9 heteroatoms. The number of aryl methyl sites for hydroxylation is 2. The van der Waals surface area contributed by atoms with E-state index in [9.17, 15) is 8.42 Å². The molecule has 0 aliphatic carbocycles. The van der Waals surface area contributed by atoms with Gasteiger partial charge in [0.2, 0.25) is 10.0 Å². The van der Waals surface area contributed by atoms with Gasteiger partial charge in [-0.15, -0.1) is 0 Å². The molecular formula is C16H24N4O4S. The molecule has 1 fully saturated rings. The van der Waals surface area contributed by atoms with Crippen molar-refractivity contribution in [3.63, 3.8) is 0 Å². The van der Waals surface area contributed by atoms with Gasteiger partial charge in [-0.3, -0.25) is 0 Å². The van der Waals surface area contributed by atoms with Crippen LogP contribution >= 0.6 is 0 Å². The lowest BCUT2D eigenvalue weighted by Crippen LogP contribution is -2.40. The summed E-state index contributed by atoms with van der Waals surface area (Å²) in [6.45, 7) is 5.50. The third kappa shape index (κ3) is 3.49. The number of rotatable bonds is 6. The van der Waals surface area contributed by atoms with E-state index in [1.165, 1.54) is 4.31 Å². The van der Waals surface area contributed by atoms with Gasteiger partial charge in [-0.2, -0.15) is 4.31 Å². The molecule has 1 atom stereocenters. The number of piperidine rings is 1. The van der Waals surface area contributed by atoms with Crippen molar-refractivity contribution in [1.29, 1.82) is 0 Å². The predicted octanol–water partition coefficient (Wildman–Crippen LogP) is 1.70. The molecule has 1 aliphatic rings. The molecular weight excluding hydrogens is 344 g/mol. The van der Waals surface area contributed by atoms with Crippen molar-refractivity contribution >= 4 is 10.0 Å². The van der Waals surface area contributed by atoms with E-state index in [1.54, 1.807) is 27.2 Å². The molecule has 8 nitrogen and oxygen atoms in total. The molecule has 2 aromatic heterocycles. The minimum Gasteiger partial charge on any atom is -0.383 e. The largest absolute Gasteiger partial charge is 0.383 e. The second-order valence-electron chi connectivity index (χ2n) is 6.33. The predicted molar refractivity (Wildman–Crippen MR) is 90.8 cm³/mol. The van der Waals surface area contributed by atoms with Crippen LogP contribution in [0.1, 0.15) is 36.0 Å². The Kier molecular flexibility index (Phi) is 5.26. The first-order chi connectivity index (χ1) is 11.9. The Morgan fingerprint density at radius 3 is 2.88 bits per heavy atom. The topological polar surface area (TPSA) is 90.5 Å². The van der Waals surface area contributed by atoms with Gasteiger partial charge < -0.3 is 13.8 Å². The van der Waals surface area contributed by atoms with Gasteiger partial charge >= 0.3 is 0 Å². The highest BCUT2D eigenvalue weighted by Gasteiger charge is 2.35. The molecule has 3 heterocycles. The van der Waals surface area contributed by atoms with Crippen LogP contribution in [0.25, 0.3) is 0 Å². The molecule has 0 unspecified atom stereocenters. The molecule has 2 aromatic rings. The van der Waals surface area contributed by atoms with Gasteiger partial charge in [0.05, 0.1) is 6.61 Å². The van der Waals surface area contributed by atoms with Gasteiger partial charge in [-0.1, -0.05) is 5.16 Å². The highest BCUT2D eigenvalue weighted by molar-refractivity contribution is 7.89. The molecule has 0 spiro atoms. The van der Waals surface area contributed by atoms with E-state index >= 15 is 0 Å². The number of hydrogen-bond acceptors (Lipinski definition) is 6. The molecule has 1 aliphatic heterocycles. The summed E-state index contributed by atoms with van der Waals surface area (Å²) in [5.41, 5.74) is 0.404. The lowest BCUT2D eigenvalue weighted by Gasteiger charge is -2.31. The van der Waals surface area contributed by atoms with Crippen LogP contribution < -0.4 is 0 Å². The smallest absolute Gasteiger partial charge is 0.248 e. The summed E-state index contributed by atoms with van der Waals surface area (Å²) in [5, 5.41) is 3.78. The van der Waals surface area contributed by atoms with E-state index in [4.69, 9.17) is 9.26 Å². The Bertz CT molecular complexity index is 808. The average molecular weight is 368 g/mol. The van der Waals surface area contributed by atoms with Gasteiger partial charge in [0.15, 0.2) is 5.76 Å². The van der Waals surface area contributed by atoms with E-state index in [2.05, 4.69) is 10.1 Å². The molecule has 0 aromatic carbocycles. The lowest BCUT2D eigenvalue weighted by atomic mass is 9.99. The van der Waals surface area contributed by atoms with Crippen LogP contribution in [-0.4, -0.2) is 54.2 Å². The summed E-state index contributed by atoms with van der Waals surface area (Å²) >= 11 is 0. The first-order valence-corrected chi connectivity index (χ1v) is 9.82. The maximum absolute atomic E-state index is 13.0. The van der Waals surface area contributed by atoms with Gasteiger partial charge in [0, 0.05) is 45.1 Å². The fraction of sp³-hybridized carbons (Fsp3) is 0.625. The summed E-state index contributed by atoms with van der Waals surface area (Å²) in [5.74, 6) is 1.31. The van der Waals surface area contributed by atoms with Crippen molar-refractivity contribution in [3.05, 3.63) is 29.7 Å². The summed E-state index contributed by atoms with van der Waals surface area (Å²) in [4.78, 5) is 4.65. The van der Waals surface area contributed by atoms with E-state index in [0.29, 0.717) is 37.7 Å². The second kappa shape index (κ2) is 7.27. The Hall–Kier alpha value is -1.71. The zero-order valence-electron chi connectivity index (χ0n) is 14.8. The first kappa shape index (κ1) is 18.1. The molecule has 0 amide bonds. The Balaban J connectivity index is 1.83. The summed E-state index contributed by atoms with van der Waals surface area (Å²) in [6, 6.07) is 0. The minimum absolute atomic E-state index is 0.0656. The molecule has 1 saturated heterocycles. The maximum Gasteiger partial charge on any atom is 0.248 e. The van der Waals surface area contributed by atoms with Crippen molar-refractivity contribution in [2.75, 3.05) is 26.8 Å². The number of ether oxygens (including phenoxy) is 1. The third-order valence-corrected chi connectivity index (χ3v) is 6.71. The van der Waals surface area contributed by atoms with Crippen LogP contribution in [0.4, 0.5) is 0 Å². The summed E-state index contributed by atoms with van der Waals surface area (Å²) in [7, 11) is -1.96. The van der Waals surface area contributed by atoms with Crippen LogP contribution in [-0.2, 0) is 21.3 Å². The van der Waals surface area contributed by atoms with Crippen molar-refractivity contribution in [3.8, 4) is 0 Å². The number of nitrogens with zero attached hydrogens (tertiary/aromatic N) is 4. The van der Waals surface area contributed by atoms with E-state index in [1.807, 2.05) is 10.8 Å². The maximum atomic E-state index is 13.0. The van der Waals surface area contributed by atoms with Crippen molar-refractivity contribution in [2.45, 2.75) is 44.0 Å². The number of hydrogen-bond donors (Lipinski definition) is 0. The Labute approximate surface area is 147 Å². The zero-order valence-corrected chi connectivity index (χ0v) is 15.6. The zero-order chi connectivity index (χ0) is 18.0. The Morgan fingerprint density at radius 2 is 2.20 bits per heavy atom. The average Bonchev–Trinajstić information content (AvgIpc) is 3.19. The normalized spacial score (nSPS) is 19.4. The van der Waals surface area contributed by atoms with Crippen LogP contribution in [0.2, 0.25) is 0 Å².